The van der Waals surface area contributed by atoms with E-state index in [2.05, 4.69) is 0 Å². The number of carboxylic acids is 1. The zero-order valence-electron chi connectivity index (χ0n) is 9.61. The number of nitrogens with two attached hydrogens (primary N) is 1. The predicted molar refractivity (Wildman–Crippen MR) is 75.5 cm³/mol. The van der Waals surface area contributed by atoms with Crippen LogP contribution in [0, 0.1) is 0 Å². The first-order chi connectivity index (χ1) is 8.61. The maximum absolute atomic E-state index is 10.4. The number of amides is 1. The van der Waals surface area contributed by atoms with Crippen molar-refractivity contribution in [2.75, 3.05) is 0 Å². The first kappa shape index (κ1) is 17.4. The van der Waals surface area contributed by atoms with Crippen LogP contribution in [0.2, 0.25) is 0 Å². The Morgan fingerprint density at radius 3 is 1.37 bits per heavy atom. The second kappa shape index (κ2) is 9.33. The van der Waals surface area contributed by atoms with Gasteiger partial charge in [-0.25, -0.2) is 4.79 Å². The van der Waals surface area contributed by atoms with Gasteiger partial charge in [-0.2, -0.15) is 0 Å². The van der Waals surface area contributed by atoms with Crippen LogP contribution in [0.5, 0.6) is 0 Å². The molecule has 0 aromatic heterocycles. The van der Waals surface area contributed by atoms with Gasteiger partial charge < -0.3 is 10.8 Å². The predicted octanol–water partition coefficient (Wildman–Crippen LogP) is 1.52. The molecule has 0 aliphatic carbocycles. The number of carboxylic acid groups (broad SMARTS) is 1. The summed E-state index contributed by atoms with van der Waals surface area (Å²) in [7, 11) is 0. The van der Waals surface area contributed by atoms with Gasteiger partial charge in [-0.1, -0.05) is 36.4 Å². The quantitative estimate of drug-likeness (QED) is 0.809. The van der Waals surface area contributed by atoms with Crippen molar-refractivity contribution in [3.63, 3.8) is 0 Å². The Bertz CT molecular complexity index is 465. The Kier molecular flexibility index (Phi) is 8.53. The van der Waals surface area contributed by atoms with Crippen LogP contribution in [0.15, 0.2) is 60.7 Å². The van der Waals surface area contributed by atoms with Crippen LogP contribution in [0.3, 0.4) is 0 Å². The second-order valence-electron chi connectivity index (χ2n) is 3.40. The van der Waals surface area contributed by atoms with E-state index in [1.54, 1.807) is 54.6 Å². The normalized spacial score (nSPS) is 8.42. The molecule has 2 aromatic carbocycles. The summed E-state index contributed by atoms with van der Waals surface area (Å²) in [5.74, 6) is -1.26. The van der Waals surface area contributed by atoms with Crippen LogP contribution in [0.1, 0.15) is 20.7 Å². The molecule has 0 spiro atoms. The molecule has 94 valence electrons. The molecular weight excluding hydrogens is 253 g/mol. The molecule has 4 nitrogen and oxygen atoms in total. The van der Waals surface area contributed by atoms with E-state index in [0.717, 1.165) is 0 Å². The zero-order chi connectivity index (χ0) is 13.4. The Labute approximate surface area is 133 Å². The van der Waals surface area contributed by atoms with E-state index in [-0.39, 0.29) is 35.5 Å². The van der Waals surface area contributed by atoms with Gasteiger partial charge in [0.05, 0.1) is 5.56 Å². The van der Waals surface area contributed by atoms with E-state index in [4.69, 9.17) is 10.8 Å². The third kappa shape index (κ3) is 6.76. The summed E-state index contributed by atoms with van der Waals surface area (Å²) < 4.78 is 0. The van der Waals surface area contributed by atoms with Crippen LogP contribution in [-0.2, 0) is 0 Å². The van der Waals surface area contributed by atoms with Gasteiger partial charge in [0.2, 0.25) is 5.91 Å². The van der Waals surface area contributed by atoms with Gasteiger partial charge in [0.15, 0.2) is 0 Å². The zero-order valence-corrected chi connectivity index (χ0v) is 9.61. The summed E-state index contributed by atoms with van der Waals surface area (Å²) in [5.41, 5.74) is 5.86. The van der Waals surface area contributed by atoms with Gasteiger partial charge in [0.1, 0.15) is 0 Å². The van der Waals surface area contributed by atoms with Crippen LogP contribution in [0.25, 0.3) is 0 Å². The number of benzene rings is 2. The summed E-state index contributed by atoms with van der Waals surface area (Å²) in [6.45, 7) is 0. The monoisotopic (exact) mass is 267 g/mol. The third-order valence-electron chi connectivity index (χ3n) is 2.08. The number of carbonyl (C=O) groups excluding carboxylic acids is 1. The topological polar surface area (TPSA) is 80.4 Å². The number of hydrogen-bond donors (Lipinski definition) is 2. The molecule has 0 bridgehead atoms. The van der Waals surface area contributed by atoms with Crippen LogP contribution in [0.4, 0.5) is 0 Å². The first-order valence-corrected chi connectivity index (χ1v) is 5.24. The molecule has 2 rings (SSSR count). The third-order valence-corrected chi connectivity index (χ3v) is 2.08. The van der Waals surface area contributed by atoms with Crippen LogP contribution in [-0.4, -0.2) is 46.5 Å². The Morgan fingerprint density at radius 1 is 0.789 bits per heavy atom. The van der Waals surface area contributed by atoms with Gasteiger partial charge in [0, 0.05) is 5.56 Å². The van der Waals surface area contributed by atoms with E-state index in [0.29, 0.717) is 11.1 Å². The summed E-state index contributed by atoms with van der Waals surface area (Å²) >= 11 is 0. The van der Waals surface area contributed by atoms with E-state index in [1.807, 2.05) is 6.07 Å². The fourth-order valence-corrected chi connectivity index (χ4v) is 1.18. The molecule has 0 radical (unpaired) electrons. The standard InChI is InChI=1S/C7H7NO.C7H6O2.Na.H/c2*8-7(9)6-4-2-1-3-5-6;;/h1-5H,(H2,8,9);1-5H,(H,8,9);;. The van der Waals surface area contributed by atoms with Crippen LogP contribution < -0.4 is 5.73 Å². The second-order valence-corrected chi connectivity index (χ2v) is 3.40. The first-order valence-electron chi connectivity index (χ1n) is 5.24. The van der Waals surface area contributed by atoms with Gasteiger partial charge in [0.25, 0.3) is 0 Å². The molecule has 0 atom stereocenters. The molecule has 0 saturated heterocycles. The van der Waals surface area contributed by atoms with Crippen LogP contribution >= 0.6 is 0 Å². The summed E-state index contributed by atoms with van der Waals surface area (Å²) in [4.78, 5) is 20.6. The fourth-order valence-electron chi connectivity index (χ4n) is 1.18. The van der Waals surface area contributed by atoms with Crippen molar-refractivity contribution in [1.82, 2.24) is 0 Å². The van der Waals surface area contributed by atoms with E-state index < -0.39 is 5.97 Å². The molecule has 3 N–H and O–H groups in total. The number of hydrogen-bond acceptors (Lipinski definition) is 2. The Morgan fingerprint density at radius 2 is 1.16 bits per heavy atom. The minimum absolute atomic E-state index is 0. The molecule has 2 aromatic rings. The number of rotatable bonds is 2. The van der Waals surface area contributed by atoms with Crippen molar-refractivity contribution in [2.45, 2.75) is 0 Å². The van der Waals surface area contributed by atoms with Crippen molar-refractivity contribution in [2.24, 2.45) is 5.73 Å². The van der Waals surface area contributed by atoms with Gasteiger partial charge in [-0.3, -0.25) is 4.79 Å². The molecule has 1 amide bonds. The summed E-state index contributed by atoms with van der Waals surface area (Å²) in [5, 5.41) is 8.38. The van der Waals surface area contributed by atoms with Crippen molar-refractivity contribution in [1.29, 1.82) is 0 Å². The fraction of sp³-hybridized carbons (Fsp3) is 0. The van der Waals surface area contributed by atoms with E-state index in [1.165, 1.54) is 0 Å². The molecule has 0 saturated carbocycles. The molecular formula is C14H14NNaO3. The minimum atomic E-state index is -0.879. The maximum atomic E-state index is 10.4. The van der Waals surface area contributed by atoms with Crippen molar-refractivity contribution in [3.8, 4) is 0 Å². The molecule has 0 aliphatic rings. The Hall–Kier alpha value is -1.62. The van der Waals surface area contributed by atoms with Gasteiger partial charge >= 0.3 is 35.5 Å². The number of primary amides is 1. The molecule has 5 heteroatoms. The molecule has 0 unspecified atom stereocenters. The molecule has 0 heterocycles. The molecule has 19 heavy (non-hydrogen) atoms. The molecule has 0 aliphatic heterocycles. The van der Waals surface area contributed by atoms with Gasteiger partial charge in [-0.15, -0.1) is 0 Å². The van der Waals surface area contributed by atoms with Gasteiger partial charge in [-0.05, 0) is 24.3 Å². The van der Waals surface area contributed by atoms with E-state index in [9.17, 15) is 9.59 Å². The average molecular weight is 267 g/mol. The van der Waals surface area contributed by atoms with Crippen molar-refractivity contribution < 1.29 is 14.7 Å². The average Bonchev–Trinajstić information content (AvgIpc) is 2.41. The Balaban J connectivity index is 0.000000324. The number of carbonyl (C=O) groups is 2. The van der Waals surface area contributed by atoms with Crippen molar-refractivity contribution in [3.05, 3.63) is 71.8 Å². The number of aromatic carboxylic acids is 1. The van der Waals surface area contributed by atoms with Crippen molar-refractivity contribution >= 4 is 41.4 Å². The van der Waals surface area contributed by atoms with E-state index >= 15 is 0 Å². The SMILES string of the molecule is NC(=O)c1ccccc1.O=C(O)c1ccccc1.[NaH]. The molecule has 0 fully saturated rings. The summed E-state index contributed by atoms with van der Waals surface area (Å²) in [6, 6.07) is 17.1. The summed E-state index contributed by atoms with van der Waals surface area (Å²) in [6.07, 6.45) is 0.